The molecule has 1 atom stereocenters. The maximum absolute atomic E-state index is 5.44. The molecule has 1 aliphatic heterocycles. The first kappa shape index (κ1) is 15.9. The van der Waals surface area contributed by atoms with Gasteiger partial charge in [0.15, 0.2) is 5.82 Å². The Morgan fingerprint density at radius 1 is 1.14 bits per heavy atom. The predicted molar refractivity (Wildman–Crippen MR) is 86.7 cm³/mol. The Morgan fingerprint density at radius 3 is 2.59 bits per heavy atom. The first-order chi connectivity index (χ1) is 10.8. The first-order valence-electron chi connectivity index (χ1n) is 9.09. The minimum atomic E-state index is 0.464. The van der Waals surface area contributed by atoms with Crippen LogP contribution in [0.5, 0.6) is 0 Å². The lowest BCUT2D eigenvalue weighted by atomic mass is 10.1. The molecule has 3 rings (SSSR count). The third-order valence-corrected chi connectivity index (χ3v) is 5.03. The van der Waals surface area contributed by atoms with Crippen LogP contribution in [0.15, 0.2) is 4.52 Å². The highest BCUT2D eigenvalue weighted by Gasteiger charge is 2.23. The Kier molecular flexibility index (Phi) is 5.84. The predicted octanol–water partition coefficient (Wildman–Crippen LogP) is 3.08. The minimum Gasteiger partial charge on any atom is -0.339 e. The number of hydrogen-bond donors (Lipinski definition) is 1. The van der Waals surface area contributed by atoms with Crippen molar-refractivity contribution in [2.75, 3.05) is 19.6 Å². The van der Waals surface area contributed by atoms with E-state index in [9.17, 15) is 0 Å². The molecular weight excluding hydrogens is 276 g/mol. The van der Waals surface area contributed by atoms with Crippen LogP contribution in [0.4, 0.5) is 0 Å². The van der Waals surface area contributed by atoms with Gasteiger partial charge in [0.05, 0.1) is 6.54 Å². The fourth-order valence-corrected chi connectivity index (χ4v) is 3.71. The van der Waals surface area contributed by atoms with E-state index in [1.165, 1.54) is 64.5 Å². The van der Waals surface area contributed by atoms with Crippen molar-refractivity contribution in [1.82, 2.24) is 20.4 Å². The van der Waals surface area contributed by atoms with E-state index in [0.717, 1.165) is 18.3 Å². The fraction of sp³-hybridized carbons (Fsp3) is 0.882. The first-order valence-corrected chi connectivity index (χ1v) is 9.09. The van der Waals surface area contributed by atoms with Gasteiger partial charge in [-0.2, -0.15) is 4.98 Å². The molecule has 1 saturated carbocycles. The summed E-state index contributed by atoms with van der Waals surface area (Å²) in [5.74, 6) is 2.18. The molecule has 22 heavy (non-hydrogen) atoms. The summed E-state index contributed by atoms with van der Waals surface area (Å²) in [4.78, 5) is 7.16. The molecular formula is C17H30N4O. The van der Waals surface area contributed by atoms with Crippen LogP contribution in [0.1, 0.15) is 75.9 Å². The lowest BCUT2D eigenvalue weighted by Gasteiger charge is -2.24. The molecule has 2 heterocycles. The van der Waals surface area contributed by atoms with Gasteiger partial charge < -0.3 is 14.7 Å². The second kappa shape index (κ2) is 8.06. The van der Waals surface area contributed by atoms with Gasteiger partial charge >= 0.3 is 0 Å². The van der Waals surface area contributed by atoms with E-state index in [0.29, 0.717) is 18.5 Å². The summed E-state index contributed by atoms with van der Waals surface area (Å²) in [7, 11) is 0. The highest BCUT2D eigenvalue weighted by molar-refractivity contribution is 4.96. The van der Waals surface area contributed by atoms with Crippen molar-refractivity contribution in [3.63, 3.8) is 0 Å². The molecule has 0 amide bonds. The van der Waals surface area contributed by atoms with Crippen molar-refractivity contribution >= 4 is 0 Å². The van der Waals surface area contributed by atoms with Gasteiger partial charge in [0, 0.05) is 18.5 Å². The fourth-order valence-electron chi connectivity index (χ4n) is 3.71. The van der Waals surface area contributed by atoms with Crippen LogP contribution in [-0.2, 0) is 6.54 Å². The smallest absolute Gasteiger partial charge is 0.229 e. The Hall–Kier alpha value is -0.940. The summed E-state index contributed by atoms with van der Waals surface area (Å²) in [5, 5.41) is 7.68. The standard InChI is InChI=1S/C17H30N4O/c1-14(13-21-10-6-2-3-7-11-21)18-12-16-19-17(22-20-16)15-8-4-5-9-15/h14-15,18H,2-13H2,1H3/t14-/m0/s1. The lowest BCUT2D eigenvalue weighted by Crippen LogP contribution is -2.39. The molecule has 5 heteroatoms. The third kappa shape index (κ3) is 4.53. The molecule has 1 aromatic heterocycles. The molecule has 0 aromatic carbocycles. The SMILES string of the molecule is C[C@@H](CN1CCCCCC1)NCc1noc(C2CCCC2)n1. The average molecular weight is 306 g/mol. The molecule has 1 N–H and O–H groups in total. The zero-order valence-corrected chi connectivity index (χ0v) is 13.9. The average Bonchev–Trinajstić information content (AvgIpc) is 3.14. The van der Waals surface area contributed by atoms with Gasteiger partial charge in [-0.3, -0.25) is 0 Å². The number of nitrogens with zero attached hydrogens (tertiary/aromatic N) is 3. The molecule has 0 spiro atoms. The van der Waals surface area contributed by atoms with Crippen LogP contribution in [-0.4, -0.2) is 40.7 Å². The Labute approximate surface area is 133 Å². The van der Waals surface area contributed by atoms with E-state index >= 15 is 0 Å². The van der Waals surface area contributed by atoms with Crippen LogP contribution in [0, 0.1) is 0 Å². The largest absolute Gasteiger partial charge is 0.339 e. The van der Waals surface area contributed by atoms with E-state index in [1.54, 1.807) is 0 Å². The van der Waals surface area contributed by atoms with E-state index in [1.807, 2.05) is 0 Å². The molecule has 2 fully saturated rings. The summed E-state index contributed by atoms with van der Waals surface area (Å²) in [6.45, 7) is 6.58. The Bertz CT molecular complexity index is 434. The van der Waals surface area contributed by atoms with Crippen molar-refractivity contribution in [2.24, 2.45) is 0 Å². The van der Waals surface area contributed by atoms with Gasteiger partial charge in [0.25, 0.3) is 0 Å². The van der Waals surface area contributed by atoms with E-state index in [-0.39, 0.29) is 0 Å². The topological polar surface area (TPSA) is 54.2 Å². The molecule has 5 nitrogen and oxygen atoms in total. The number of hydrogen-bond acceptors (Lipinski definition) is 5. The normalized spacial score (nSPS) is 22.8. The van der Waals surface area contributed by atoms with Gasteiger partial charge in [-0.1, -0.05) is 30.8 Å². The summed E-state index contributed by atoms with van der Waals surface area (Å²) >= 11 is 0. The molecule has 1 saturated heterocycles. The summed E-state index contributed by atoms with van der Waals surface area (Å²) in [6, 6.07) is 0.464. The molecule has 1 aliphatic carbocycles. The lowest BCUT2D eigenvalue weighted by molar-refractivity contribution is 0.254. The maximum atomic E-state index is 5.44. The minimum absolute atomic E-state index is 0.464. The van der Waals surface area contributed by atoms with Gasteiger partial charge in [0.1, 0.15) is 0 Å². The van der Waals surface area contributed by atoms with Crippen molar-refractivity contribution in [3.05, 3.63) is 11.7 Å². The van der Waals surface area contributed by atoms with Crippen LogP contribution < -0.4 is 5.32 Å². The highest BCUT2D eigenvalue weighted by atomic mass is 16.5. The van der Waals surface area contributed by atoms with Gasteiger partial charge in [-0.05, 0) is 45.7 Å². The van der Waals surface area contributed by atoms with Crippen LogP contribution in [0.2, 0.25) is 0 Å². The second-order valence-corrected chi connectivity index (χ2v) is 7.03. The number of aromatic nitrogens is 2. The molecule has 0 unspecified atom stereocenters. The van der Waals surface area contributed by atoms with E-state index in [4.69, 9.17) is 4.52 Å². The van der Waals surface area contributed by atoms with Crippen molar-refractivity contribution < 1.29 is 4.52 Å². The molecule has 0 bridgehead atoms. The van der Waals surface area contributed by atoms with Crippen molar-refractivity contribution in [2.45, 2.75) is 76.8 Å². The van der Waals surface area contributed by atoms with Gasteiger partial charge in [-0.15, -0.1) is 0 Å². The van der Waals surface area contributed by atoms with Crippen molar-refractivity contribution in [3.8, 4) is 0 Å². The second-order valence-electron chi connectivity index (χ2n) is 7.03. The Morgan fingerprint density at radius 2 is 1.86 bits per heavy atom. The highest BCUT2D eigenvalue weighted by Crippen LogP contribution is 2.32. The number of nitrogens with one attached hydrogen (secondary N) is 1. The quantitative estimate of drug-likeness (QED) is 0.875. The van der Waals surface area contributed by atoms with Crippen LogP contribution in [0.25, 0.3) is 0 Å². The molecule has 1 aromatic rings. The number of likely N-dealkylation sites (tertiary alicyclic amines) is 1. The van der Waals surface area contributed by atoms with Crippen LogP contribution >= 0.6 is 0 Å². The van der Waals surface area contributed by atoms with E-state index < -0.39 is 0 Å². The monoisotopic (exact) mass is 306 g/mol. The van der Waals surface area contributed by atoms with Gasteiger partial charge in [0.2, 0.25) is 5.89 Å². The van der Waals surface area contributed by atoms with Crippen molar-refractivity contribution in [1.29, 1.82) is 0 Å². The summed E-state index contributed by atoms with van der Waals surface area (Å²) in [5.41, 5.74) is 0. The summed E-state index contributed by atoms with van der Waals surface area (Å²) in [6.07, 6.45) is 10.5. The zero-order valence-electron chi connectivity index (χ0n) is 13.9. The molecule has 2 aliphatic rings. The molecule has 0 radical (unpaired) electrons. The maximum Gasteiger partial charge on any atom is 0.229 e. The van der Waals surface area contributed by atoms with Crippen LogP contribution in [0.3, 0.4) is 0 Å². The third-order valence-electron chi connectivity index (χ3n) is 5.03. The number of rotatable bonds is 6. The Balaban J connectivity index is 1.41. The van der Waals surface area contributed by atoms with Gasteiger partial charge in [-0.25, -0.2) is 0 Å². The molecule has 124 valence electrons. The van der Waals surface area contributed by atoms with E-state index in [2.05, 4.69) is 27.3 Å². The zero-order chi connectivity index (χ0) is 15.2. The summed E-state index contributed by atoms with van der Waals surface area (Å²) < 4.78 is 5.44.